The maximum atomic E-state index is 12.2. The highest BCUT2D eigenvalue weighted by atomic mass is 16.6. The number of non-ortho nitro benzene ring substituents is 1. The predicted octanol–water partition coefficient (Wildman–Crippen LogP) is 3.23. The molecule has 1 amide bonds. The number of nitrogens with one attached hydrogen (secondary N) is 1. The largest absolute Gasteiger partial charge is 0.335 e. The fourth-order valence-electron chi connectivity index (χ4n) is 4.10. The van der Waals surface area contributed by atoms with Gasteiger partial charge in [0.25, 0.3) is 5.69 Å². The molecule has 0 radical (unpaired) electrons. The maximum Gasteiger partial charge on any atom is 0.270 e. The molecule has 2 aromatic carbocycles. The van der Waals surface area contributed by atoms with Gasteiger partial charge in [0.15, 0.2) is 0 Å². The van der Waals surface area contributed by atoms with Crippen molar-refractivity contribution in [3.63, 3.8) is 0 Å². The van der Waals surface area contributed by atoms with Crippen LogP contribution in [0.1, 0.15) is 25.0 Å². The Morgan fingerprint density at radius 3 is 2.73 bits per heavy atom. The van der Waals surface area contributed by atoms with Gasteiger partial charge in [-0.2, -0.15) is 0 Å². The van der Waals surface area contributed by atoms with Crippen LogP contribution in [0, 0.1) is 10.1 Å². The highest BCUT2D eigenvalue weighted by Crippen LogP contribution is 2.52. The van der Waals surface area contributed by atoms with Crippen LogP contribution in [-0.2, 0) is 10.2 Å². The van der Waals surface area contributed by atoms with E-state index in [1.54, 1.807) is 6.07 Å². The molecule has 1 atom stereocenters. The Morgan fingerprint density at radius 2 is 1.96 bits per heavy atom. The lowest BCUT2D eigenvalue weighted by molar-refractivity contribution is -0.384. The molecule has 1 unspecified atom stereocenters. The summed E-state index contributed by atoms with van der Waals surface area (Å²) in [5, 5.41) is 14.1. The molecule has 2 aliphatic heterocycles. The Bertz CT molecular complexity index is 951. The average molecular weight is 349 g/mol. The fourth-order valence-corrected chi connectivity index (χ4v) is 4.10. The number of carbonyl (C=O) groups excluding carboxylic acids is 1. The van der Waals surface area contributed by atoms with Crippen molar-refractivity contribution < 1.29 is 9.72 Å². The first-order valence-electron chi connectivity index (χ1n) is 8.47. The van der Waals surface area contributed by atoms with E-state index in [0.29, 0.717) is 6.54 Å². The van der Waals surface area contributed by atoms with Crippen LogP contribution in [0.2, 0.25) is 0 Å². The smallest absolute Gasteiger partial charge is 0.270 e. The van der Waals surface area contributed by atoms with Crippen LogP contribution in [0.3, 0.4) is 0 Å². The number of nitro groups is 1. The van der Waals surface area contributed by atoms with E-state index in [0.717, 1.165) is 11.3 Å². The first-order chi connectivity index (χ1) is 12.3. The Labute approximate surface area is 151 Å². The molecular weight excluding hydrogens is 330 g/mol. The molecule has 1 fully saturated rings. The molecule has 1 saturated heterocycles. The molecular formula is C20H19N3O3. The first-order valence-corrected chi connectivity index (χ1v) is 8.47. The summed E-state index contributed by atoms with van der Waals surface area (Å²) in [6.07, 6.45) is 3.80. The van der Waals surface area contributed by atoms with Crippen molar-refractivity contribution in [3.8, 4) is 0 Å². The normalized spacial score (nSPS) is 23.0. The van der Waals surface area contributed by atoms with Crippen LogP contribution in [0.25, 0.3) is 6.08 Å². The summed E-state index contributed by atoms with van der Waals surface area (Å²) in [6.45, 7) is 4.50. The van der Waals surface area contributed by atoms with Crippen molar-refractivity contribution in [1.82, 2.24) is 5.32 Å². The molecule has 1 N–H and O–H groups in total. The van der Waals surface area contributed by atoms with Gasteiger partial charge in [-0.3, -0.25) is 14.9 Å². The Balaban J connectivity index is 1.80. The highest BCUT2D eigenvalue weighted by molar-refractivity contribution is 5.91. The Hall–Kier alpha value is -3.15. The SMILES string of the molecule is CC1(C)c2ccccc2N2CC(=O)NC21C=Cc1cccc([N+](=O)[O-])c1. The van der Waals surface area contributed by atoms with Crippen molar-refractivity contribution in [1.29, 1.82) is 0 Å². The van der Waals surface area contributed by atoms with Crippen molar-refractivity contribution in [2.24, 2.45) is 0 Å². The van der Waals surface area contributed by atoms with Gasteiger partial charge in [0, 0.05) is 23.2 Å². The zero-order chi connectivity index (χ0) is 18.5. The van der Waals surface area contributed by atoms with Crippen molar-refractivity contribution in [3.05, 3.63) is 75.8 Å². The number of nitro benzene ring substituents is 1. The third-order valence-corrected chi connectivity index (χ3v) is 5.48. The lowest BCUT2D eigenvalue weighted by Crippen LogP contribution is -2.58. The number of hydrogen-bond donors (Lipinski definition) is 1. The minimum Gasteiger partial charge on any atom is -0.335 e. The van der Waals surface area contributed by atoms with Crippen LogP contribution in [0.15, 0.2) is 54.6 Å². The van der Waals surface area contributed by atoms with Gasteiger partial charge in [0.1, 0.15) is 5.66 Å². The molecule has 2 aliphatic rings. The lowest BCUT2D eigenvalue weighted by atomic mass is 9.75. The molecule has 0 aliphatic carbocycles. The number of carbonyl (C=O) groups is 1. The van der Waals surface area contributed by atoms with Crippen molar-refractivity contribution in [2.45, 2.75) is 24.9 Å². The number of nitrogens with zero attached hydrogens (tertiary/aromatic N) is 2. The quantitative estimate of drug-likeness (QED) is 0.682. The minimum absolute atomic E-state index is 0.0312. The molecule has 0 aromatic heterocycles. The van der Waals surface area contributed by atoms with Gasteiger partial charge < -0.3 is 10.2 Å². The molecule has 132 valence electrons. The summed E-state index contributed by atoms with van der Waals surface area (Å²) >= 11 is 0. The Kier molecular flexibility index (Phi) is 3.41. The van der Waals surface area contributed by atoms with Crippen LogP contribution in [0.4, 0.5) is 11.4 Å². The molecule has 6 heteroatoms. The van der Waals surface area contributed by atoms with Gasteiger partial charge in [0.05, 0.1) is 11.5 Å². The minimum atomic E-state index is -0.696. The molecule has 0 saturated carbocycles. The van der Waals surface area contributed by atoms with Crippen molar-refractivity contribution in [2.75, 3.05) is 11.4 Å². The second kappa shape index (κ2) is 5.42. The molecule has 0 spiro atoms. The number of para-hydroxylation sites is 1. The maximum absolute atomic E-state index is 12.2. The fraction of sp³-hybridized carbons (Fsp3) is 0.250. The van der Waals surface area contributed by atoms with E-state index < -0.39 is 10.6 Å². The van der Waals surface area contributed by atoms with Gasteiger partial charge in [0.2, 0.25) is 5.91 Å². The molecule has 2 heterocycles. The number of benzene rings is 2. The number of hydrogen-bond acceptors (Lipinski definition) is 4. The number of amides is 1. The van der Waals surface area contributed by atoms with Gasteiger partial charge >= 0.3 is 0 Å². The second-order valence-electron chi connectivity index (χ2n) is 7.23. The number of rotatable bonds is 3. The van der Waals surface area contributed by atoms with E-state index in [1.807, 2.05) is 36.4 Å². The zero-order valence-electron chi connectivity index (χ0n) is 14.6. The van der Waals surface area contributed by atoms with Gasteiger partial charge in [-0.1, -0.05) is 50.3 Å². The van der Waals surface area contributed by atoms with Crippen LogP contribution in [-0.4, -0.2) is 23.0 Å². The summed E-state index contributed by atoms with van der Waals surface area (Å²) in [7, 11) is 0. The third-order valence-electron chi connectivity index (χ3n) is 5.48. The molecule has 6 nitrogen and oxygen atoms in total. The van der Waals surface area contributed by atoms with E-state index in [4.69, 9.17) is 0 Å². The number of anilines is 1. The molecule has 2 aromatic rings. The van der Waals surface area contributed by atoms with Gasteiger partial charge in [-0.05, 0) is 23.3 Å². The van der Waals surface area contributed by atoms with E-state index in [9.17, 15) is 14.9 Å². The topological polar surface area (TPSA) is 75.5 Å². The third kappa shape index (κ3) is 2.15. The van der Waals surface area contributed by atoms with E-state index >= 15 is 0 Å². The second-order valence-corrected chi connectivity index (χ2v) is 7.23. The van der Waals surface area contributed by atoms with Crippen LogP contribution in [0.5, 0.6) is 0 Å². The standard InChI is InChI=1S/C20H19N3O3/c1-19(2)16-8-3-4-9-17(16)22-13-18(24)21-20(19,22)11-10-14-6-5-7-15(12-14)23(25)26/h3-12H,13H2,1-2H3,(H,21,24). The molecule has 0 bridgehead atoms. The van der Waals surface area contributed by atoms with Gasteiger partial charge in [-0.15, -0.1) is 0 Å². The zero-order valence-corrected chi connectivity index (χ0v) is 14.6. The van der Waals surface area contributed by atoms with Gasteiger partial charge in [-0.25, -0.2) is 0 Å². The first kappa shape index (κ1) is 16.3. The predicted molar refractivity (Wildman–Crippen MR) is 99.8 cm³/mol. The van der Waals surface area contributed by atoms with E-state index in [-0.39, 0.29) is 17.0 Å². The number of fused-ring (bicyclic) bond motifs is 3. The molecule has 26 heavy (non-hydrogen) atoms. The summed E-state index contributed by atoms with van der Waals surface area (Å²) < 4.78 is 0. The lowest BCUT2D eigenvalue weighted by Gasteiger charge is -2.40. The van der Waals surface area contributed by atoms with Crippen LogP contribution >= 0.6 is 0 Å². The monoisotopic (exact) mass is 349 g/mol. The van der Waals surface area contributed by atoms with E-state index in [1.165, 1.54) is 17.7 Å². The Morgan fingerprint density at radius 1 is 1.19 bits per heavy atom. The summed E-state index contributed by atoms with van der Waals surface area (Å²) in [5.41, 5.74) is 1.93. The van der Waals surface area contributed by atoms with Crippen molar-refractivity contribution >= 4 is 23.4 Å². The summed E-state index contributed by atoms with van der Waals surface area (Å²) in [5.74, 6) is -0.0312. The summed E-state index contributed by atoms with van der Waals surface area (Å²) in [6, 6.07) is 14.6. The molecule has 4 rings (SSSR count). The summed E-state index contributed by atoms with van der Waals surface area (Å²) in [4.78, 5) is 24.9. The average Bonchev–Trinajstić information content (AvgIpc) is 3.05. The van der Waals surface area contributed by atoms with E-state index in [2.05, 4.69) is 30.1 Å². The highest BCUT2D eigenvalue weighted by Gasteiger charge is 2.59. The van der Waals surface area contributed by atoms with Crippen LogP contribution < -0.4 is 10.2 Å².